The van der Waals surface area contributed by atoms with Crippen LogP contribution in [0.1, 0.15) is 64.8 Å². The quantitative estimate of drug-likeness (QED) is 0.921. The van der Waals surface area contributed by atoms with Gasteiger partial charge in [0.2, 0.25) is 0 Å². The standard InChI is InChI=1S/C16H16N2O2S/c19-15(20)12-11-8-3-1-2-4-10(8)21-14(11)18-13(17-12)9-7-16(9)5-6-16/h9H,1-7H2,(H,19,20). The summed E-state index contributed by atoms with van der Waals surface area (Å²) in [5.41, 5.74) is 1.92. The average Bonchev–Trinajstić information content (AvgIpc) is 3.38. The molecular weight excluding hydrogens is 284 g/mol. The Morgan fingerprint density at radius 2 is 2.05 bits per heavy atom. The number of fused-ring (bicyclic) bond motifs is 3. The van der Waals surface area contributed by atoms with Crippen LogP contribution in [0, 0.1) is 5.41 Å². The fourth-order valence-corrected chi connectivity index (χ4v) is 5.18. The molecule has 5 rings (SSSR count). The van der Waals surface area contributed by atoms with Crippen molar-refractivity contribution in [2.75, 3.05) is 0 Å². The highest BCUT2D eigenvalue weighted by Crippen LogP contribution is 2.74. The third-order valence-electron chi connectivity index (χ3n) is 5.43. The second-order valence-corrected chi connectivity index (χ2v) is 7.83. The maximum absolute atomic E-state index is 11.7. The first kappa shape index (κ1) is 12.1. The third-order valence-corrected chi connectivity index (χ3v) is 6.61. The highest BCUT2D eigenvalue weighted by atomic mass is 32.1. The zero-order valence-corrected chi connectivity index (χ0v) is 12.5. The number of aromatic nitrogens is 2. The van der Waals surface area contributed by atoms with Gasteiger partial charge in [-0.1, -0.05) is 0 Å². The van der Waals surface area contributed by atoms with Crippen LogP contribution in [0.3, 0.4) is 0 Å². The lowest BCUT2D eigenvalue weighted by molar-refractivity contribution is 0.0692. The van der Waals surface area contributed by atoms with Crippen molar-refractivity contribution in [1.82, 2.24) is 9.97 Å². The number of carbonyl (C=O) groups is 1. The van der Waals surface area contributed by atoms with Crippen LogP contribution in [-0.2, 0) is 12.8 Å². The van der Waals surface area contributed by atoms with Crippen LogP contribution in [0.5, 0.6) is 0 Å². The zero-order valence-electron chi connectivity index (χ0n) is 11.7. The van der Waals surface area contributed by atoms with E-state index in [-0.39, 0.29) is 5.69 Å². The van der Waals surface area contributed by atoms with Gasteiger partial charge < -0.3 is 5.11 Å². The molecule has 1 N–H and O–H groups in total. The summed E-state index contributed by atoms with van der Waals surface area (Å²) in [7, 11) is 0. The molecule has 0 saturated heterocycles. The maximum Gasteiger partial charge on any atom is 0.355 e. The Morgan fingerprint density at radius 3 is 2.76 bits per heavy atom. The molecule has 0 aromatic carbocycles. The molecule has 1 spiro atoms. The minimum Gasteiger partial charge on any atom is -0.476 e. The Bertz CT molecular complexity index is 791. The number of hydrogen-bond acceptors (Lipinski definition) is 4. The number of aryl methyl sites for hydroxylation is 2. The fourth-order valence-electron chi connectivity index (χ4n) is 3.91. The SMILES string of the molecule is O=C(O)c1nc(C2CC23CC3)nc2sc3c(c12)CCCC3. The molecule has 0 radical (unpaired) electrons. The molecule has 1 unspecified atom stereocenters. The highest BCUT2D eigenvalue weighted by Gasteiger charge is 2.64. The molecule has 4 nitrogen and oxygen atoms in total. The molecule has 1 atom stereocenters. The molecule has 2 heterocycles. The minimum atomic E-state index is -0.902. The van der Waals surface area contributed by atoms with Gasteiger partial charge >= 0.3 is 5.97 Å². The van der Waals surface area contributed by atoms with Crippen molar-refractivity contribution in [3.63, 3.8) is 0 Å². The van der Waals surface area contributed by atoms with Gasteiger partial charge in [-0.3, -0.25) is 0 Å². The average molecular weight is 300 g/mol. The van der Waals surface area contributed by atoms with E-state index in [0.29, 0.717) is 11.3 Å². The monoisotopic (exact) mass is 300 g/mol. The van der Waals surface area contributed by atoms with Gasteiger partial charge in [0, 0.05) is 16.2 Å². The summed E-state index contributed by atoms with van der Waals surface area (Å²) in [4.78, 5) is 23.2. The third kappa shape index (κ3) is 1.64. The van der Waals surface area contributed by atoms with E-state index in [9.17, 15) is 9.90 Å². The summed E-state index contributed by atoms with van der Waals surface area (Å²) in [6.45, 7) is 0. The molecule has 0 aliphatic heterocycles. The lowest BCUT2D eigenvalue weighted by Gasteiger charge is -2.11. The molecule has 3 aliphatic carbocycles. The number of hydrogen-bond donors (Lipinski definition) is 1. The van der Waals surface area contributed by atoms with Gasteiger partial charge in [0.05, 0.1) is 0 Å². The van der Waals surface area contributed by atoms with E-state index in [0.717, 1.165) is 41.7 Å². The first-order valence-corrected chi connectivity index (χ1v) is 8.55. The van der Waals surface area contributed by atoms with Crippen LogP contribution in [-0.4, -0.2) is 21.0 Å². The number of aromatic carboxylic acids is 1. The smallest absolute Gasteiger partial charge is 0.355 e. The normalized spacial score (nSPS) is 25.0. The summed E-state index contributed by atoms with van der Waals surface area (Å²) in [6.07, 6.45) is 8.08. The molecule has 108 valence electrons. The Hall–Kier alpha value is -1.49. The van der Waals surface area contributed by atoms with Gasteiger partial charge in [0.15, 0.2) is 5.69 Å². The fraction of sp³-hybridized carbons (Fsp3) is 0.562. The number of thiophene rings is 1. The lowest BCUT2D eigenvalue weighted by atomic mass is 9.96. The molecule has 21 heavy (non-hydrogen) atoms. The van der Waals surface area contributed by atoms with Gasteiger partial charge in [-0.25, -0.2) is 14.8 Å². The molecule has 2 fully saturated rings. The summed E-state index contributed by atoms with van der Waals surface area (Å²) in [5.74, 6) is 0.301. The van der Waals surface area contributed by atoms with Gasteiger partial charge in [0.1, 0.15) is 10.7 Å². The van der Waals surface area contributed by atoms with Crippen molar-refractivity contribution in [1.29, 1.82) is 0 Å². The largest absolute Gasteiger partial charge is 0.476 e. The molecule has 3 aliphatic rings. The Kier molecular flexibility index (Phi) is 2.20. The molecule has 0 amide bonds. The summed E-state index contributed by atoms with van der Waals surface area (Å²) in [5, 5.41) is 10.4. The van der Waals surface area contributed by atoms with Crippen molar-refractivity contribution in [2.45, 2.75) is 50.9 Å². The molecule has 0 bridgehead atoms. The van der Waals surface area contributed by atoms with E-state index in [4.69, 9.17) is 4.98 Å². The molecular formula is C16H16N2O2S. The van der Waals surface area contributed by atoms with Crippen molar-refractivity contribution >= 4 is 27.5 Å². The molecule has 2 aromatic rings. The van der Waals surface area contributed by atoms with Crippen LogP contribution in [0.2, 0.25) is 0 Å². The molecule has 2 aromatic heterocycles. The van der Waals surface area contributed by atoms with E-state index in [2.05, 4.69) is 4.98 Å². The number of nitrogens with zero attached hydrogens (tertiary/aromatic N) is 2. The summed E-state index contributed by atoms with van der Waals surface area (Å²) >= 11 is 1.70. The van der Waals surface area contributed by atoms with E-state index in [1.54, 1.807) is 11.3 Å². The highest BCUT2D eigenvalue weighted by molar-refractivity contribution is 7.18. The van der Waals surface area contributed by atoms with Crippen molar-refractivity contribution < 1.29 is 9.90 Å². The number of carboxylic acid groups (broad SMARTS) is 1. The predicted molar refractivity (Wildman–Crippen MR) is 80.0 cm³/mol. The second-order valence-electron chi connectivity index (χ2n) is 6.75. The minimum absolute atomic E-state index is 0.247. The number of carboxylic acids is 1. The van der Waals surface area contributed by atoms with Crippen molar-refractivity contribution in [3.05, 3.63) is 22.0 Å². The number of rotatable bonds is 2. The Morgan fingerprint density at radius 1 is 1.24 bits per heavy atom. The topological polar surface area (TPSA) is 63.1 Å². The van der Waals surface area contributed by atoms with E-state index in [1.165, 1.54) is 29.7 Å². The predicted octanol–water partition coefficient (Wildman–Crippen LogP) is 3.54. The Balaban J connectivity index is 1.74. The molecule has 2 saturated carbocycles. The Labute approximate surface area is 126 Å². The van der Waals surface area contributed by atoms with Gasteiger partial charge in [-0.15, -0.1) is 11.3 Å². The van der Waals surface area contributed by atoms with Gasteiger partial charge in [-0.05, 0) is 55.9 Å². The van der Waals surface area contributed by atoms with Crippen LogP contribution in [0.25, 0.3) is 10.2 Å². The molecule has 5 heteroatoms. The van der Waals surface area contributed by atoms with Crippen molar-refractivity contribution in [3.8, 4) is 0 Å². The zero-order chi connectivity index (χ0) is 14.2. The first-order chi connectivity index (χ1) is 10.2. The van der Waals surface area contributed by atoms with Crippen LogP contribution in [0.4, 0.5) is 0 Å². The van der Waals surface area contributed by atoms with Crippen LogP contribution in [0.15, 0.2) is 0 Å². The van der Waals surface area contributed by atoms with E-state index in [1.807, 2.05) is 0 Å². The van der Waals surface area contributed by atoms with Gasteiger partial charge in [0.25, 0.3) is 0 Å². The van der Waals surface area contributed by atoms with Crippen molar-refractivity contribution in [2.24, 2.45) is 5.41 Å². The van der Waals surface area contributed by atoms with Crippen LogP contribution >= 0.6 is 11.3 Å². The maximum atomic E-state index is 11.7. The second kappa shape index (κ2) is 3.83. The first-order valence-electron chi connectivity index (χ1n) is 7.73. The van der Waals surface area contributed by atoms with E-state index < -0.39 is 5.97 Å². The lowest BCUT2D eigenvalue weighted by Crippen LogP contribution is -2.08. The summed E-state index contributed by atoms with van der Waals surface area (Å²) in [6, 6.07) is 0. The van der Waals surface area contributed by atoms with Gasteiger partial charge in [-0.2, -0.15) is 0 Å². The van der Waals surface area contributed by atoms with Crippen LogP contribution < -0.4 is 0 Å². The van der Waals surface area contributed by atoms with E-state index >= 15 is 0 Å². The summed E-state index contributed by atoms with van der Waals surface area (Å²) < 4.78 is 0.